The van der Waals surface area contributed by atoms with Crippen molar-refractivity contribution >= 4 is 17.4 Å². The maximum absolute atomic E-state index is 11.8. The van der Waals surface area contributed by atoms with Crippen LogP contribution >= 0.6 is 11.3 Å². The van der Waals surface area contributed by atoms with Crippen molar-refractivity contribution in [2.24, 2.45) is 0 Å². The van der Waals surface area contributed by atoms with Gasteiger partial charge in [-0.2, -0.15) is 0 Å². The van der Waals surface area contributed by atoms with Crippen LogP contribution in [0.3, 0.4) is 0 Å². The van der Waals surface area contributed by atoms with Crippen LogP contribution in [0.5, 0.6) is 0 Å². The van der Waals surface area contributed by atoms with Crippen LogP contribution < -0.4 is 10.6 Å². The van der Waals surface area contributed by atoms with Crippen molar-refractivity contribution in [1.29, 1.82) is 0 Å². The second kappa shape index (κ2) is 7.61. The Labute approximate surface area is 139 Å². The molecule has 0 saturated carbocycles. The van der Waals surface area contributed by atoms with Crippen LogP contribution in [-0.4, -0.2) is 29.2 Å². The van der Waals surface area contributed by atoms with E-state index in [0.717, 1.165) is 17.1 Å². The van der Waals surface area contributed by atoms with Crippen molar-refractivity contribution in [1.82, 2.24) is 15.6 Å². The van der Waals surface area contributed by atoms with Crippen LogP contribution in [0.4, 0.5) is 4.79 Å². The predicted octanol–water partition coefficient (Wildman–Crippen LogP) is 2.36. The largest absolute Gasteiger partial charge is 0.466 e. The first-order valence-corrected chi connectivity index (χ1v) is 8.47. The third-order valence-electron chi connectivity index (χ3n) is 3.54. The molecule has 126 valence electrons. The number of carbonyl (C=O) groups is 1. The molecule has 0 radical (unpaired) electrons. The van der Waals surface area contributed by atoms with Crippen molar-refractivity contribution in [3.05, 3.63) is 39.7 Å². The molecule has 0 saturated heterocycles. The molecule has 0 fully saturated rings. The fraction of sp³-hybridized carbons (Fsp3) is 0.500. The summed E-state index contributed by atoms with van der Waals surface area (Å²) in [5, 5.41) is 16.7. The highest BCUT2D eigenvalue weighted by molar-refractivity contribution is 7.11. The van der Waals surface area contributed by atoms with Crippen molar-refractivity contribution in [2.45, 2.75) is 39.2 Å². The molecule has 2 amide bonds. The molecule has 2 aromatic rings. The van der Waals surface area contributed by atoms with Crippen molar-refractivity contribution < 1.29 is 14.3 Å². The molecular weight excluding hydrogens is 314 g/mol. The third-order valence-corrected chi connectivity index (χ3v) is 4.61. The summed E-state index contributed by atoms with van der Waals surface area (Å²) in [5.74, 6) is 0.420. The lowest BCUT2D eigenvalue weighted by molar-refractivity contribution is 0.0367. The number of thiazole rings is 1. The number of carbonyl (C=O) groups excluding carboxylic acids is 1. The standard InChI is InChI=1S/C16H23N3O3S/c1-4-12-11(2)23-14(19-12)7-8-17-15(20)18-10-16(3,21)13-6-5-9-22-13/h5-6,9,21H,4,7-8,10H2,1-3H3,(H2,17,18,20). The van der Waals surface area contributed by atoms with Gasteiger partial charge in [0.25, 0.3) is 0 Å². The minimum absolute atomic E-state index is 0.0721. The summed E-state index contributed by atoms with van der Waals surface area (Å²) in [5.41, 5.74) is -0.104. The zero-order chi connectivity index (χ0) is 16.9. The van der Waals surface area contributed by atoms with E-state index in [0.29, 0.717) is 18.7 Å². The zero-order valence-electron chi connectivity index (χ0n) is 13.7. The van der Waals surface area contributed by atoms with Gasteiger partial charge in [-0.05, 0) is 32.4 Å². The number of furan rings is 1. The minimum atomic E-state index is -1.23. The molecule has 3 N–H and O–H groups in total. The zero-order valence-corrected chi connectivity index (χ0v) is 14.5. The first-order chi connectivity index (χ1) is 10.9. The summed E-state index contributed by atoms with van der Waals surface area (Å²) in [6.07, 6.45) is 3.12. The number of amides is 2. The van der Waals surface area contributed by atoms with E-state index in [1.807, 2.05) is 0 Å². The first-order valence-electron chi connectivity index (χ1n) is 7.65. The Morgan fingerprint density at radius 2 is 2.26 bits per heavy atom. The quantitative estimate of drug-likeness (QED) is 0.724. The number of aryl methyl sites for hydroxylation is 2. The number of rotatable bonds is 7. The molecule has 0 spiro atoms. The topological polar surface area (TPSA) is 87.4 Å². The van der Waals surface area contributed by atoms with Gasteiger partial charge in [0.05, 0.1) is 23.5 Å². The molecule has 1 unspecified atom stereocenters. The van der Waals surface area contributed by atoms with E-state index in [9.17, 15) is 9.90 Å². The Kier molecular flexibility index (Phi) is 5.79. The maximum Gasteiger partial charge on any atom is 0.314 e. The van der Waals surface area contributed by atoms with E-state index in [1.165, 1.54) is 11.1 Å². The van der Waals surface area contributed by atoms with Crippen LogP contribution in [0.2, 0.25) is 0 Å². The van der Waals surface area contributed by atoms with E-state index in [2.05, 4.69) is 29.5 Å². The van der Waals surface area contributed by atoms with Gasteiger partial charge >= 0.3 is 6.03 Å². The van der Waals surface area contributed by atoms with Crippen LogP contribution in [0, 0.1) is 6.92 Å². The lowest BCUT2D eigenvalue weighted by Crippen LogP contribution is -2.43. The van der Waals surface area contributed by atoms with Crippen molar-refractivity contribution in [3.8, 4) is 0 Å². The van der Waals surface area contributed by atoms with Crippen molar-refractivity contribution in [3.63, 3.8) is 0 Å². The van der Waals surface area contributed by atoms with Gasteiger partial charge in [0.1, 0.15) is 11.4 Å². The highest BCUT2D eigenvalue weighted by atomic mass is 32.1. The summed E-state index contributed by atoms with van der Waals surface area (Å²) in [6, 6.07) is 3.06. The molecule has 0 bridgehead atoms. The molecule has 0 aliphatic carbocycles. The summed E-state index contributed by atoms with van der Waals surface area (Å²) in [7, 11) is 0. The molecule has 23 heavy (non-hydrogen) atoms. The van der Waals surface area contributed by atoms with Gasteiger partial charge in [0.15, 0.2) is 0 Å². The number of urea groups is 1. The molecular formula is C16H23N3O3S. The van der Waals surface area contributed by atoms with Crippen molar-refractivity contribution in [2.75, 3.05) is 13.1 Å². The lowest BCUT2D eigenvalue weighted by atomic mass is 10.0. The molecule has 2 aromatic heterocycles. The highest BCUT2D eigenvalue weighted by Crippen LogP contribution is 2.20. The second-order valence-electron chi connectivity index (χ2n) is 5.57. The Balaban J connectivity index is 1.73. The molecule has 0 aliphatic rings. The van der Waals surface area contributed by atoms with E-state index >= 15 is 0 Å². The van der Waals surface area contributed by atoms with Gasteiger partial charge in [-0.3, -0.25) is 0 Å². The summed E-state index contributed by atoms with van der Waals surface area (Å²) >= 11 is 1.67. The Morgan fingerprint density at radius 3 is 2.87 bits per heavy atom. The fourth-order valence-electron chi connectivity index (χ4n) is 2.19. The number of nitrogens with zero attached hydrogens (tertiary/aromatic N) is 1. The van der Waals surface area contributed by atoms with Gasteiger partial charge in [0.2, 0.25) is 0 Å². The van der Waals surface area contributed by atoms with Gasteiger partial charge in [-0.15, -0.1) is 11.3 Å². The minimum Gasteiger partial charge on any atom is -0.466 e. The van der Waals surface area contributed by atoms with Crippen LogP contribution in [0.25, 0.3) is 0 Å². The third kappa shape index (κ3) is 4.80. The molecule has 2 rings (SSSR count). The molecule has 1 atom stereocenters. The molecule has 0 aromatic carbocycles. The SMILES string of the molecule is CCc1nc(CCNC(=O)NCC(C)(O)c2ccco2)sc1C. The van der Waals surface area contributed by atoms with E-state index in [1.54, 1.807) is 30.4 Å². The number of nitrogens with one attached hydrogen (secondary N) is 2. The Hall–Kier alpha value is -1.86. The summed E-state index contributed by atoms with van der Waals surface area (Å²) in [6.45, 7) is 6.32. The molecule has 2 heterocycles. The average Bonchev–Trinajstić information content (AvgIpc) is 3.15. The van der Waals surface area contributed by atoms with E-state index in [-0.39, 0.29) is 12.6 Å². The predicted molar refractivity (Wildman–Crippen MR) is 89.6 cm³/mol. The number of hydrogen-bond acceptors (Lipinski definition) is 5. The second-order valence-corrected chi connectivity index (χ2v) is 6.86. The van der Waals surface area contributed by atoms with E-state index in [4.69, 9.17) is 4.42 Å². The van der Waals surface area contributed by atoms with Gasteiger partial charge < -0.3 is 20.2 Å². The number of hydrogen-bond donors (Lipinski definition) is 3. The monoisotopic (exact) mass is 337 g/mol. The smallest absolute Gasteiger partial charge is 0.314 e. The van der Waals surface area contributed by atoms with Crippen LogP contribution in [-0.2, 0) is 18.4 Å². The Bertz CT molecular complexity index is 635. The first kappa shape index (κ1) is 17.5. The molecule has 7 heteroatoms. The van der Waals surface area contributed by atoms with Crippen LogP contribution in [0.15, 0.2) is 22.8 Å². The fourth-order valence-corrected chi connectivity index (χ4v) is 3.21. The summed E-state index contributed by atoms with van der Waals surface area (Å²) < 4.78 is 5.17. The average molecular weight is 337 g/mol. The number of aromatic nitrogens is 1. The van der Waals surface area contributed by atoms with Gasteiger partial charge in [-0.1, -0.05) is 6.92 Å². The maximum atomic E-state index is 11.8. The highest BCUT2D eigenvalue weighted by Gasteiger charge is 2.26. The lowest BCUT2D eigenvalue weighted by Gasteiger charge is -2.21. The van der Waals surface area contributed by atoms with E-state index < -0.39 is 5.60 Å². The normalized spacial score (nSPS) is 13.6. The summed E-state index contributed by atoms with van der Waals surface area (Å²) in [4.78, 5) is 17.6. The van der Waals surface area contributed by atoms with Gasteiger partial charge in [-0.25, -0.2) is 9.78 Å². The Morgan fingerprint density at radius 1 is 1.48 bits per heavy atom. The molecule has 0 aliphatic heterocycles. The van der Waals surface area contributed by atoms with Gasteiger partial charge in [0, 0.05) is 17.8 Å². The van der Waals surface area contributed by atoms with Crippen LogP contribution in [0.1, 0.15) is 35.2 Å². The number of aliphatic hydroxyl groups is 1. The molecule has 6 nitrogen and oxygen atoms in total.